The van der Waals surface area contributed by atoms with Gasteiger partial charge in [-0.15, -0.1) is 10.2 Å². The number of hydrogen-bond donors (Lipinski definition) is 0. The lowest BCUT2D eigenvalue weighted by Crippen LogP contribution is -2.35. The van der Waals surface area contributed by atoms with Gasteiger partial charge in [0.05, 0.1) is 24.0 Å². The van der Waals surface area contributed by atoms with Crippen molar-refractivity contribution >= 4 is 23.4 Å². The normalized spacial score (nSPS) is 20.8. The van der Waals surface area contributed by atoms with E-state index in [2.05, 4.69) is 42.9 Å². The van der Waals surface area contributed by atoms with Crippen LogP contribution in [0.2, 0.25) is 5.02 Å². The molecule has 130 valence electrons. The Morgan fingerprint density at radius 1 is 1.23 bits per heavy atom. The summed E-state index contributed by atoms with van der Waals surface area (Å²) in [6.07, 6.45) is 9.65. The third kappa shape index (κ3) is 2.37. The van der Waals surface area contributed by atoms with Crippen LogP contribution < -0.4 is 0 Å². The molecule has 0 bridgehead atoms. The van der Waals surface area contributed by atoms with Crippen LogP contribution >= 0.6 is 11.6 Å². The summed E-state index contributed by atoms with van der Waals surface area (Å²) in [5.41, 5.74) is 2.10. The molecule has 4 heterocycles. The minimum absolute atomic E-state index is 0.103. The van der Waals surface area contributed by atoms with Crippen LogP contribution in [0, 0.1) is 6.92 Å². The Labute approximate surface area is 155 Å². The first-order chi connectivity index (χ1) is 12.7. The molecule has 0 saturated heterocycles. The number of oxazole rings is 1. The van der Waals surface area contributed by atoms with Crippen molar-refractivity contribution in [2.75, 3.05) is 0 Å². The van der Waals surface area contributed by atoms with E-state index >= 15 is 0 Å². The second-order valence-corrected chi connectivity index (χ2v) is 6.90. The molecule has 2 aliphatic heterocycles. The second-order valence-electron chi connectivity index (χ2n) is 6.46. The summed E-state index contributed by atoms with van der Waals surface area (Å²) in [5, 5.41) is 9.20. The summed E-state index contributed by atoms with van der Waals surface area (Å²) in [4.78, 5) is 6.66. The SMILES string of the molecule is Cc1nnc2n1C1C=C(c3ncco3)N(Cc3cccc(Cl)c3)C1C=C2. The first kappa shape index (κ1) is 15.4. The number of halogens is 1. The van der Waals surface area contributed by atoms with E-state index in [0.29, 0.717) is 12.4 Å². The van der Waals surface area contributed by atoms with Gasteiger partial charge in [-0.2, -0.15) is 0 Å². The number of benzene rings is 1. The summed E-state index contributed by atoms with van der Waals surface area (Å²) >= 11 is 6.18. The molecule has 2 aromatic heterocycles. The third-order valence-corrected chi connectivity index (χ3v) is 5.11. The minimum atomic E-state index is 0.103. The van der Waals surface area contributed by atoms with Crippen molar-refractivity contribution < 1.29 is 4.42 Å². The van der Waals surface area contributed by atoms with E-state index in [-0.39, 0.29) is 12.1 Å². The van der Waals surface area contributed by atoms with E-state index in [4.69, 9.17) is 16.0 Å². The van der Waals surface area contributed by atoms with Crippen LogP contribution in [-0.2, 0) is 6.54 Å². The van der Waals surface area contributed by atoms with Gasteiger partial charge in [0, 0.05) is 11.6 Å². The summed E-state index contributed by atoms with van der Waals surface area (Å²) in [7, 11) is 0. The molecule has 2 unspecified atom stereocenters. The maximum atomic E-state index is 6.18. The summed E-state index contributed by atoms with van der Waals surface area (Å²) in [6.45, 7) is 2.68. The average Bonchev–Trinajstić information content (AvgIpc) is 3.34. The fourth-order valence-electron chi connectivity index (χ4n) is 3.77. The number of fused-ring (bicyclic) bond motifs is 3. The van der Waals surface area contributed by atoms with Crippen molar-refractivity contribution in [1.29, 1.82) is 0 Å². The minimum Gasteiger partial charge on any atom is -0.443 e. The van der Waals surface area contributed by atoms with Crippen molar-refractivity contribution in [3.05, 3.63) is 77.0 Å². The van der Waals surface area contributed by atoms with Gasteiger partial charge >= 0.3 is 0 Å². The molecule has 0 radical (unpaired) electrons. The van der Waals surface area contributed by atoms with Crippen LogP contribution in [0.25, 0.3) is 11.8 Å². The quantitative estimate of drug-likeness (QED) is 0.708. The Bertz CT molecular complexity index is 1020. The molecular weight excluding hydrogens is 350 g/mol. The number of aryl methyl sites for hydroxylation is 1. The zero-order valence-electron chi connectivity index (χ0n) is 14.1. The third-order valence-electron chi connectivity index (χ3n) is 4.87. The molecule has 6 nitrogen and oxygen atoms in total. The number of rotatable bonds is 3. The molecule has 2 atom stereocenters. The molecule has 0 N–H and O–H groups in total. The first-order valence-electron chi connectivity index (χ1n) is 8.43. The van der Waals surface area contributed by atoms with Gasteiger partial charge < -0.3 is 13.9 Å². The molecule has 0 fully saturated rings. The molecule has 3 aromatic rings. The Morgan fingerprint density at radius 2 is 2.15 bits per heavy atom. The first-order valence-corrected chi connectivity index (χ1v) is 8.81. The highest BCUT2D eigenvalue weighted by atomic mass is 35.5. The average molecular weight is 366 g/mol. The van der Waals surface area contributed by atoms with Crippen LogP contribution in [0.5, 0.6) is 0 Å². The monoisotopic (exact) mass is 365 g/mol. The molecule has 26 heavy (non-hydrogen) atoms. The van der Waals surface area contributed by atoms with Gasteiger partial charge in [0.15, 0.2) is 5.82 Å². The summed E-state index contributed by atoms with van der Waals surface area (Å²) in [5.74, 6) is 2.38. The Hall–Kier alpha value is -2.86. The molecule has 0 aliphatic carbocycles. The van der Waals surface area contributed by atoms with Crippen molar-refractivity contribution in [1.82, 2.24) is 24.6 Å². The lowest BCUT2D eigenvalue weighted by molar-refractivity contribution is 0.293. The molecule has 0 spiro atoms. The van der Waals surface area contributed by atoms with E-state index in [1.54, 1.807) is 12.5 Å². The Balaban J connectivity index is 1.59. The zero-order valence-corrected chi connectivity index (χ0v) is 14.8. The van der Waals surface area contributed by atoms with Crippen molar-refractivity contribution in [3.8, 4) is 0 Å². The van der Waals surface area contributed by atoms with Gasteiger partial charge in [-0.05, 0) is 36.8 Å². The van der Waals surface area contributed by atoms with Crippen LogP contribution in [0.3, 0.4) is 0 Å². The summed E-state index contributed by atoms with van der Waals surface area (Å²) in [6, 6.07) is 8.16. The van der Waals surface area contributed by atoms with E-state index in [1.165, 1.54) is 0 Å². The van der Waals surface area contributed by atoms with Crippen molar-refractivity contribution in [2.45, 2.75) is 25.6 Å². The highest BCUT2D eigenvalue weighted by Gasteiger charge is 2.39. The predicted molar refractivity (Wildman–Crippen MR) is 98.1 cm³/mol. The molecular formula is C19H16ClN5O. The lowest BCUT2D eigenvalue weighted by Gasteiger charge is -2.32. The van der Waals surface area contributed by atoms with Crippen LogP contribution in [0.4, 0.5) is 0 Å². The Kier molecular flexibility index (Phi) is 3.46. The summed E-state index contributed by atoms with van der Waals surface area (Å²) < 4.78 is 7.76. The van der Waals surface area contributed by atoms with E-state index in [9.17, 15) is 0 Å². The van der Waals surface area contributed by atoms with E-state index < -0.39 is 0 Å². The topological polar surface area (TPSA) is 60.0 Å². The smallest absolute Gasteiger partial charge is 0.242 e. The molecule has 1 aromatic carbocycles. The highest BCUT2D eigenvalue weighted by Crippen LogP contribution is 2.41. The van der Waals surface area contributed by atoms with Crippen molar-refractivity contribution in [3.63, 3.8) is 0 Å². The van der Waals surface area contributed by atoms with Crippen molar-refractivity contribution in [2.24, 2.45) is 0 Å². The molecule has 0 amide bonds. The molecule has 2 aliphatic rings. The van der Waals surface area contributed by atoms with Gasteiger partial charge in [-0.1, -0.05) is 29.8 Å². The van der Waals surface area contributed by atoms with Gasteiger partial charge in [-0.25, -0.2) is 4.98 Å². The molecule has 0 saturated carbocycles. The van der Waals surface area contributed by atoms with Crippen LogP contribution in [0.1, 0.15) is 29.1 Å². The molecule has 5 rings (SSSR count). The number of hydrogen-bond acceptors (Lipinski definition) is 5. The molecule has 7 heteroatoms. The zero-order chi connectivity index (χ0) is 17.7. The van der Waals surface area contributed by atoms with Crippen LogP contribution in [-0.4, -0.2) is 30.7 Å². The fourth-order valence-corrected chi connectivity index (χ4v) is 3.98. The largest absolute Gasteiger partial charge is 0.443 e. The highest BCUT2D eigenvalue weighted by molar-refractivity contribution is 6.30. The maximum absolute atomic E-state index is 6.18. The van der Waals surface area contributed by atoms with E-state index in [0.717, 1.165) is 27.9 Å². The van der Waals surface area contributed by atoms with Gasteiger partial charge in [0.25, 0.3) is 0 Å². The second kappa shape index (κ2) is 5.85. The lowest BCUT2D eigenvalue weighted by atomic mass is 10.1. The number of aromatic nitrogens is 4. The fraction of sp³-hybridized carbons (Fsp3) is 0.211. The predicted octanol–water partition coefficient (Wildman–Crippen LogP) is 3.72. The van der Waals surface area contributed by atoms with Gasteiger partial charge in [-0.3, -0.25) is 0 Å². The van der Waals surface area contributed by atoms with Gasteiger partial charge in [0.2, 0.25) is 5.89 Å². The van der Waals surface area contributed by atoms with Gasteiger partial charge in [0.1, 0.15) is 12.1 Å². The number of nitrogens with zero attached hydrogens (tertiary/aromatic N) is 5. The maximum Gasteiger partial charge on any atom is 0.242 e. The van der Waals surface area contributed by atoms with E-state index in [1.807, 2.05) is 31.2 Å². The standard InChI is InChI=1S/C19H16ClN5O/c1-12-22-23-18-6-5-15-16(25(12)18)10-17(19-21-7-8-26-19)24(15)11-13-3-2-4-14(20)9-13/h2-10,15-16H,11H2,1H3. The van der Waals surface area contributed by atoms with Crippen LogP contribution in [0.15, 0.2) is 53.3 Å². The Morgan fingerprint density at radius 3 is 2.96 bits per heavy atom.